The largest absolute Gasteiger partial charge is 0.492 e. The molecule has 176 valence electrons. The Kier molecular flexibility index (Phi) is 8.76. The van der Waals surface area contributed by atoms with E-state index in [2.05, 4.69) is 10.6 Å². The molecule has 2 amide bonds. The van der Waals surface area contributed by atoms with Gasteiger partial charge in [0.05, 0.1) is 23.4 Å². The Morgan fingerprint density at radius 1 is 0.882 bits per heavy atom. The molecule has 2 N–H and O–H groups in total. The number of hydrogen-bond acceptors (Lipinski definition) is 4. The van der Waals surface area contributed by atoms with Gasteiger partial charge in [-0.1, -0.05) is 68.4 Å². The van der Waals surface area contributed by atoms with Gasteiger partial charge in [0, 0.05) is 13.6 Å². The summed E-state index contributed by atoms with van der Waals surface area (Å²) < 4.78 is 5.79. The molecule has 34 heavy (non-hydrogen) atoms. The van der Waals surface area contributed by atoms with Crippen molar-refractivity contribution in [2.45, 2.75) is 20.4 Å². The highest BCUT2D eigenvalue weighted by molar-refractivity contribution is 7.80. The van der Waals surface area contributed by atoms with Gasteiger partial charge >= 0.3 is 0 Å². The number of nitrogens with zero attached hydrogens (tertiary/aromatic N) is 1. The SMILES string of the molecule is CC(C)COc1ccccc1C(=O)NC(=S)N(C)c1ccccc1C(=O)NCc1ccccc1. The third-order valence-corrected chi connectivity index (χ3v) is 5.41. The van der Waals surface area contributed by atoms with Crippen molar-refractivity contribution in [3.8, 4) is 5.75 Å². The number of hydrogen-bond donors (Lipinski definition) is 2. The number of rotatable bonds is 8. The summed E-state index contributed by atoms with van der Waals surface area (Å²) in [6.45, 7) is 4.99. The van der Waals surface area contributed by atoms with E-state index in [4.69, 9.17) is 17.0 Å². The van der Waals surface area contributed by atoms with Gasteiger partial charge in [0.1, 0.15) is 5.75 Å². The van der Waals surface area contributed by atoms with Gasteiger partial charge in [-0.15, -0.1) is 0 Å². The minimum absolute atomic E-state index is 0.173. The molecule has 3 rings (SSSR count). The Hall–Kier alpha value is -3.71. The second kappa shape index (κ2) is 12.0. The van der Waals surface area contributed by atoms with Gasteiger partial charge < -0.3 is 15.0 Å². The van der Waals surface area contributed by atoms with E-state index in [1.807, 2.05) is 56.3 Å². The number of amides is 2. The second-order valence-corrected chi connectivity index (χ2v) is 8.59. The first-order valence-corrected chi connectivity index (χ1v) is 11.5. The maximum atomic E-state index is 12.9. The van der Waals surface area contributed by atoms with Crippen molar-refractivity contribution in [3.63, 3.8) is 0 Å². The highest BCUT2D eigenvalue weighted by Gasteiger charge is 2.20. The van der Waals surface area contributed by atoms with E-state index >= 15 is 0 Å². The van der Waals surface area contributed by atoms with Crippen molar-refractivity contribution >= 4 is 34.8 Å². The minimum atomic E-state index is -0.373. The summed E-state index contributed by atoms with van der Waals surface area (Å²) in [7, 11) is 1.72. The molecule has 0 bridgehead atoms. The Labute approximate surface area is 205 Å². The standard InChI is InChI=1S/C27H29N3O3S/c1-19(2)18-33-24-16-10-8-14-22(24)26(32)29-27(34)30(3)23-15-9-7-13-21(23)25(31)28-17-20-11-5-4-6-12-20/h4-16,19H,17-18H2,1-3H3,(H,28,31)(H,29,32,34). The van der Waals surface area contributed by atoms with Crippen molar-refractivity contribution in [1.82, 2.24) is 10.6 Å². The van der Waals surface area contributed by atoms with Crippen LogP contribution < -0.4 is 20.3 Å². The molecule has 0 saturated heterocycles. The Morgan fingerprint density at radius 3 is 2.21 bits per heavy atom. The lowest BCUT2D eigenvalue weighted by molar-refractivity contribution is 0.0949. The molecule has 3 aromatic carbocycles. The summed E-state index contributed by atoms with van der Waals surface area (Å²) >= 11 is 5.49. The van der Waals surface area contributed by atoms with Crippen LogP contribution in [-0.4, -0.2) is 30.6 Å². The monoisotopic (exact) mass is 475 g/mol. The fourth-order valence-electron chi connectivity index (χ4n) is 3.23. The summed E-state index contributed by atoms with van der Waals surface area (Å²) in [6, 6.07) is 23.9. The molecule has 0 radical (unpaired) electrons. The Balaban J connectivity index is 1.70. The Bertz CT molecular complexity index is 1150. The average molecular weight is 476 g/mol. The number of carbonyl (C=O) groups excluding carboxylic acids is 2. The van der Waals surface area contributed by atoms with Crippen LogP contribution in [-0.2, 0) is 6.54 Å². The highest BCUT2D eigenvalue weighted by Crippen LogP contribution is 2.21. The fraction of sp³-hybridized carbons (Fsp3) is 0.222. The maximum absolute atomic E-state index is 12.9. The molecule has 0 atom stereocenters. The average Bonchev–Trinajstić information content (AvgIpc) is 2.86. The normalized spacial score (nSPS) is 10.5. The Morgan fingerprint density at radius 2 is 1.50 bits per heavy atom. The molecule has 0 aliphatic heterocycles. The van der Waals surface area contributed by atoms with Crippen LogP contribution in [0, 0.1) is 5.92 Å². The van der Waals surface area contributed by atoms with Crippen LogP contribution in [0.4, 0.5) is 5.69 Å². The molecule has 0 unspecified atom stereocenters. The van der Waals surface area contributed by atoms with Gasteiger partial charge in [-0.05, 0) is 48.0 Å². The first-order valence-electron chi connectivity index (χ1n) is 11.1. The molecule has 0 fully saturated rings. The van der Waals surface area contributed by atoms with E-state index in [0.717, 1.165) is 5.56 Å². The first kappa shape index (κ1) is 24.9. The maximum Gasteiger partial charge on any atom is 0.261 e. The molecule has 7 heteroatoms. The highest BCUT2D eigenvalue weighted by atomic mass is 32.1. The van der Waals surface area contributed by atoms with Crippen LogP contribution >= 0.6 is 12.2 Å². The van der Waals surface area contributed by atoms with Crippen molar-refractivity contribution in [3.05, 3.63) is 95.6 Å². The lowest BCUT2D eigenvalue weighted by Gasteiger charge is -2.23. The van der Waals surface area contributed by atoms with Crippen LogP contribution in [0.3, 0.4) is 0 Å². The summed E-state index contributed by atoms with van der Waals surface area (Å²) in [5, 5.41) is 5.86. The zero-order valence-corrected chi connectivity index (χ0v) is 20.4. The van der Waals surface area contributed by atoms with E-state index in [1.165, 1.54) is 0 Å². The second-order valence-electron chi connectivity index (χ2n) is 8.20. The van der Waals surface area contributed by atoms with E-state index in [-0.39, 0.29) is 16.9 Å². The van der Waals surface area contributed by atoms with Crippen LogP contribution in [0.1, 0.15) is 40.1 Å². The smallest absolute Gasteiger partial charge is 0.261 e. The van der Waals surface area contributed by atoms with Crippen molar-refractivity contribution in [2.75, 3.05) is 18.6 Å². The molecular weight excluding hydrogens is 446 g/mol. The molecule has 0 saturated carbocycles. The quantitative estimate of drug-likeness (QED) is 0.458. The van der Waals surface area contributed by atoms with Crippen LogP contribution in [0.5, 0.6) is 5.75 Å². The minimum Gasteiger partial charge on any atom is -0.492 e. The van der Waals surface area contributed by atoms with E-state index in [1.54, 1.807) is 48.3 Å². The van der Waals surface area contributed by atoms with Crippen LogP contribution in [0.2, 0.25) is 0 Å². The molecule has 0 spiro atoms. The number of para-hydroxylation sites is 2. The van der Waals surface area contributed by atoms with Gasteiger partial charge in [-0.25, -0.2) is 0 Å². The number of carbonyl (C=O) groups is 2. The molecule has 0 aliphatic carbocycles. The van der Waals surface area contributed by atoms with Gasteiger partial charge in [-0.2, -0.15) is 0 Å². The summed E-state index contributed by atoms with van der Waals surface area (Å²) in [6.07, 6.45) is 0. The van der Waals surface area contributed by atoms with Gasteiger partial charge in [-0.3, -0.25) is 14.9 Å². The van der Waals surface area contributed by atoms with Crippen molar-refractivity contribution in [2.24, 2.45) is 5.92 Å². The molecule has 0 heterocycles. The predicted molar refractivity (Wildman–Crippen MR) is 139 cm³/mol. The van der Waals surface area contributed by atoms with E-state index in [9.17, 15) is 9.59 Å². The summed E-state index contributed by atoms with van der Waals surface area (Å²) in [4.78, 5) is 27.5. The lowest BCUT2D eigenvalue weighted by atomic mass is 10.1. The van der Waals surface area contributed by atoms with E-state index < -0.39 is 0 Å². The predicted octanol–water partition coefficient (Wildman–Crippen LogP) is 4.80. The van der Waals surface area contributed by atoms with Crippen LogP contribution in [0.25, 0.3) is 0 Å². The molecule has 0 aromatic heterocycles. The third-order valence-electron chi connectivity index (χ3n) is 5.03. The van der Waals surface area contributed by atoms with Gasteiger partial charge in [0.15, 0.2) is 5.11 Å². The number of thiocarbonyl (C=S) groups is 1. The number of benzene rings is 3. The lowest BCUT2D eigenvalue weighted by Crippen LogP contribution is -2.41. The number of nitrogens with one attached hydrogen (secondary N) is 2. The van der Waals surface area contributed by atoms with Gasteiger partial charge in [0.2, 0.25) is 0 Å². The number of ether oxygens (including phenoxy) is 1. The molecule has 0 aliphatic rings. The topological polar surface area (TPSA) is 70.7 Å². The van der Waals surface area contributed by atoms with Crippen LogP contribution in [0.15, 0.2) is 78.9 Å². The van der Waals surface area contributed by atoms with Crippen molar-refractivity contribution in [1.29, 1.82) is 0 Å². The zero-order chi connectivity index (χ0) is 24.5. The molecule has 3 aromatic rings. The number of anilines is 1. The first-order chi connectivity index (χ1) is 16.4. The van der Waals surface area contributed by atoms with Crippen molar-refractivity contribution < 1.29 is 14.3 Å². The zero-order valence-electron chi connectivity index (χ0n) is 19.6. The summed E-state index contributed by atoms with van der Waals surface area (Å²) in [5.41, 5.74) is 2.44. The summed E-state index contributed by atoms with van der Waals surface area (Å²) in [5.74, 6) is 0.225. The van der Waals surface area contributed by atoms with E-state index in [0.29, 0.717) is 41.6 Å². The molecular formula is C27H29N3O3S. The fourth-order valence-corrected chi connectivity index (χ4v) is 3.42. The molecule has 6 nitrogen and oxygen atoms in total. The third kappa shape index (κ3) is 6.65. The van der Waals surface area contributed by atoms with Gasteiger partial charge in [0.25, 0.3) is 11.8 Å².